The lowest BCUT2D eigenvalue weighted by Gasteiger charge is -2.13. The second-order valence-electron chi connectivity index (χ2n) is 5.20. The van der Waals surface area contributed by atoms with E-state index in [2.05, 4.69) is 27.8 Å². The van der Waals surface area contributed by atoms with Gasteiger partial charge in [0.05, 0.1) is 13.0 Å². The molecule has 0 saturated carbocycles. The molecule has 0 spiro atoms. The minimum Gasteiger partial charge on any atom is -0.497 e. The molecule has 0 fully saturated rings. The average molecular weight is 411 g/mol. The quantitative estimate of drug-likeness (QED) is 0.654. The Hall–Kier alpha value is -2.26. The standard InChI is InChI=1S/C19H14BrF3O2/c1-25-15-10-7-13(8-11-15)6-9-14(12-18(24)19(21,22)23)16-4-2-3-5-17(16)20/h2-5,7-8,10-11,14H,12H2,1H3/t14-/m1/s1. The van der Waals surface area contributed by atoms with Gasteiger partial charge in [-0.15, -0.1) is 0 Å². The van der Waals surface area contributed by atoms with E-state index in [9.17, 15) is 18.0 Å². The fourth-order valence-corrected chi connectivity index (χ4v) is 2.70. The predicted octanol–water partition coefficient (Wildman–Crippen LogP) is 5.11. The summed E-state index contributed by atoms with van der Waals surface area (Å²) in [5, 5.41) is 0. The van der Waals surface area contributed by atoms with E-state index >= 15 is 0 Å². The summed E-state index contributed by atoms with van der Waals surface area (Å²) in [5.41, 5.74) is 1.17. The lowest BCUT2D eigenvalue weighted by Crippen LogP contribution is -2.24. The molecule has 25 heavy (non-hydrogen) atoms. The van der Waals surface area contributed by atoms with Gasteiger partial charge in [0.1, 0.15) is 5.75 Å². The number of rotatable bonds is 4. The molecule has 1 atom stereocenters. The Morgan fingerprint density at radius 3 is 2.36 bits per heavy atom. The third-order valence-corrected chi connectivity index (χ3v) is 4.19. The molecule has 0 aliphatic carbocycles. The molecule has 0 N–H and O–H groups in total. The molecule has 2 aromatic rings. The first-order valence-electron chi connectivity index (χ1n) is 7.31. The van der Waals surface area contributed by atoms with E-state index < -0.39 is 24.3 Å². The summed E-state index contributed by atoms with van der Waals surface area (Å²) >= 11 is 3.31. The van der Waals surface area contributed by atoms with Gasteiger partial charge in [-0.25, -0.2) is 0 Å². The Morgan fingerprint density at radius 1 is 1.16 bits per heavy atom. The highest BCUT2D eigenvalue weighted by atomic mass is 79.9. The Balaban J connectivity index is 2.33. The number of carbonyl (C=O) groups excluding carboxylic acids is 1. The summed E-state index contributed by atoms with van der Waals surface area (Å²) in [6, 6.07) is 13.6. The second kappa shape index (κ2) is 8.21. The topological polar surface area (TPSA) is 26.3 Å². The van der Waals surface area contributed by atoms with Crippen LogP contribution in [-0.2, 0) is 4.79 Å². The highest BCUT2D eigenvalue weighted by molar-refractivity contribution is 9.10. The van der Waals surface area contributed by atoms with Crippen molar-refractivity contribution in [1.29, 1.82) is 0 Å². The molecule has 0 heterocycles. The van der Waals surface area contributed by atoms with Gasteiger partial charge in [0.25, 0.3) is 0 Å². The largest absolute Gasteiger partial charge is 0.497 e. The van der Waals surface area contributed by atoms with Crippen LogP contribution in [0.2, 0.25) is 0 Å². The Bertz CT molecular complexity index is 802. The van der Waals surface area contributed by atoms with Crippen molar-refractivity contribution < 1.29 is 22.7 Å². The van der Waals surface area contributed by atoms with Crippen LogP contribution < -0.4 is 4.74 Å². The van der Waals surface area contributed by atoms with Crippen LogP contribution in [0.4, 0.5) is 13.2 Å². The van der Waals surface area contributed by atoms with Crippen LogP contribution in [0.1, 0.15) is 23.5 Å². The van der Waals surface area contributed by atoms with Gasteiger partial charge in [0, 0.05) is 16.5 Å². The first-order valence-corrected chi connectivity index (χ1v) is 8.10. The van der Waals surface area contributed by atoms with Crippen LogP contribution in [-0.4, -0.2) is 19.1 Å². The number of alkyl halides is 3. The monoisotopic (exact) mass is 410 g/mol. The molecule has 0 saturated heterocycles. The smallest absolute Gasteiger partial charge is 0.450 e. The molecule has 0 aromatic heterocycles. The van der Waals surface area contributed by atoms with Crippen molar-refractivity contribution in [2.24, 2.45) is 0 Å². The summed E-state index contributed by atoms with van der Waals surface area (Å²) in [6.07, 6.45) is -5.60. The molecule has 0 aliphatic heterocycles. The van der Waals surface area contributed by atoms with Crippen LogP contribution in [0.15, 0.2) is 53.0 Å². The van der Waals surface area contributed by atoms with Crippen LogP contribution >= 0.6 is 15.9 Å². The van der Waals surface area contributed by atoms with Gasteiger partial charge in [-0.2, -0.15) is 13.2 Å². The van der Waals surface area contributed by atoms with E-state index in [-0.39, 0.29) is 0 Å². The van der Waals surface area contributed by atoms with E-state index in [1.807, 2.05) is 0 Å². The van der Waals surface area contributed by atoms with E-state index in [4.69, 9.17) is 4.74 Å². The van der Waals surface area contributed by atoms with Gasteiger partial charge in [0.15, 0.2) is 0 Å². The minimum atomic E-state index is -4.87. The number of halogens is 4. The van der Waals surface area contributed by atoms with E-state index in [1.165, 1.54) is 7.11 Å². The van der Waals surface area contributed by atoms with Gasteiger partial charge in [0.2, 0.25) is 5.78 Å². The molecular weight excluding hydrogens is 397 g/mol. The molecule has 6 heteroatoms. The van der Waals surface area contributed by atoms with Crippen molar-refractivity contribution in [2.45, 2.75) is 18.5 Å². The van der Waals surface area contributed by atoms with E-state index in [1.54, 1.807) is 48.5 Å². The van der Waals surface area contributed by atoms with Gasteiger partial charge in [-0.3, -0.25) is 4.79 Å². The molecule has 0 aliphatic rings. The Morgan fingerprint density at radius 2 is 1.80 bits per heavy atom. The molecule has 0 amide bonds. The van der Waals surface area contributed by atoms with Crippen molar-refractivity contribution in [3.05, 3.63) is 64.1 Å². The molecular formula is C19H14BrF3O2. The highest BCUT2D eigenvalue weighted by Gasteiger charge is 2.39. The first-order chi connectivity index (χ1) is 11.8. The average Bonchev–Trinajstić information content (AvgIpc) is 2.58. The van der Waals surface area contributed by atoms with Crippen molar-refractivity contribution >= 4 is 21.7 Å². The second-order valence-corrected chi connectivity index (χ2v) is 6.05. The number of hydrogen-bond acceptors (Lipinski definition) is 2. The van der Waals surface area contributed by atoms with Crippen molar-refractivity contribution in [3.8, 4) is 17.6 Å². The zero-order valence-corrected chi connectivity index (χ0v) is 14.8. The SMILES string of the molecule is COc1ccc(C#C[C@H](CC(=O)C(F)(F)F)c2ccccc2Br)cc1. The molecule has 0 unspecified atom stereocenters. The minimum absolute atomic E-state index is 0.543. The number of benzene rings is 2. The Kier molecular flexibility index (Phi) is 6.27. The van der Waals surface area contributed by atoms with Gasteiger partial charge < -0.3 is 4.74 Å². The first kappa shape index (κ1) is 19.1. The molecule has 2 rings (SSSR count). The fourth-order valence-electron chi connectivity index (χ4n) is 2.14. The molecule has 0 radical (unpaired) electrons. The third kappa shape index (κ3) is 5.36. The summed E-state index contributed by atoms with van der Waals surface area (Å²) in [5.74, 6) is 3.61. The van der Waals surface area contributed by atoms with E-state index in [0.717, 1.165) is 0 Å². The molecule has 0 bridgehead atoms. The number of ether oxygens (including phenoxy) is 1. The van der Waals surface area contributed by atoms with Crippen molar-refractivity contribution in [1.82, 2.24) is 0 Å². The van der Waals surface area contributed by atoms with Gasteiger partial charge >= 0.3 is 6.18 Å². The molecule has 2 aromatic carbocycles. The number of methoxy groups -OCH3 is 1. The zero-order chi connectivity index (χ0) is 18.4. The van der Waals surface area contributed by atoms with Crippen LogP contribution in [0.5, 0.6) is 5.75 Å². The lowest BCUT2D eigenvalue weighted by molar-refractivity contribution is -0.171. The molecule has 130 valence electrons. The summed E-state index contributed by atoms with van der Waals surface area (Å²) in [6.45, 7) is 0. The number of carbonyl (C=O) groups is 1. The maximum Gasteiger partial charge on any atom is 0.450 e. The summed E-state index contributed by atoms with van der Waals surface area (Å²) in [4.78, 5) is 11.4. The van der Waals surface area contributed by atoms with Gasteiger partial charge in [-0.1, -0.05) is 46.0 Å². The zero-order valence-electron chi connectivity index (χ0n) is 13.2. The third-order valence-electron chi connectivity index (χ3n) is 3.47. The molecule has 2 nitrogen and oxygen atoms in total. The van der Waals surface area contributed by atoms with Crippen molar-refractivity contribution in [3.63, 3.8) is 0 Å². The maximum absolute atomic E-state index is 12.6. The maximum atomic E-state index is 12.6. The van der Waals surface area contributed by atoms with Gasteiger partial charge in [-0.05, 0) is 35.9 Å². The summed E-state index contributed by atoms with van der Waals surface area (Å²) in [7, 11) is 1.53. The van der Waals surface area contributed by atoms with Crippen LogP contribution in [0, 0.1) is 11.8 Å². The Labute approximate surface area is 152 Å². The van der Waals surface area contributed by atoms with Crippen molar-refractivity contribution in [2.75, 3.05) is 7.11 Å². The summed E-state index contributed by atoms with van der Waals surface area (Å²) < 4.78 is 43.6. The van der Waals surface area contributed by atoms with E-state index in [0.29, 0.717) is 21.3 Å². The highest BCUT2D eigenvalue weighted by Crippen LogP contribution is 2.30. The van der Waals surface area contributed by atoms with Crippen LogP contribution in [0.25, 0.3) is 0 Å². The number of ketones is 1. The van der Waals surface area contributed by atoms with Crippen LogP contribution in [0.3, 0.4) is 0 Å². The lowest BCUT2D eigenvalue weighted by atomic mass is 9.93. The normalized spacial score (nSPS) is 12.0. The fraction of sp³-hybridized carbons (Fsp3) is 0.211. The number of Topliss-reactive ketones (excluding diaryl/α,β-unsaturated/α-hetero) is 1. The number of hydrogen-bond donors (Lipinski definition) is 0. The predicted molar refractivity (Wildman–Crippen MR) is 92.4 cm³/mol.